The lowest BCUT2D eigenvalue weighted by Gasteiger charge is -2.43. The lowest BCUT2D eigenvalue weighted by atomic mass is 9.90. The second-order valence-corrected chi connectivity index (χ2v) is 4.25. The maximum Gasteiger partial charge on any atom is 0.396 e. The Kier molecular flexibility index (Phi) is 3.43. The van der Waals surface area contributed by atoms with Crippen LogP contribution in [0.2, 0.25) is 0 Å². The van der Waals surface area contributed by atoms with E-state index in [0.29, 0.717) is 13.2 Å². The normalized spacial score (nSPS) is 29.4. The summed E-state index contributed by atoms with van der Waals surface area (Å²) in [6.45, 7) is 1.01. The van der Waals surface area contributed by atoms with Gasteiger partial charge in [0.15, 0.2) is 0 Å². The van der Waals surface area contributed by atoms with Gasteiger partial charge in [0.25, 0.3) is 0 Å². The van der Waals surface area contributed by atoms with Gasteiger partial charge in [-0.2, -0.15) is 0 Å². The van der Waals surface area contributed by atoms with E-state index in [-0.39, 0.29) is 12.1 Å². The van der Waals surface area contributed by atoms with E-state index in [1.165, 1.54) is 7.11 Å². The van der Waals surface area contributed by atoms with E-state index in [0.717, 1.165) is 25.7 Å². The van der Waals surface area contributed by atoms with Crippen molar-refractivity contribution >= 4 is 11.9 Å². The molecule has 2 rings (SSSR count). The van der Waals surface area contributed by atoms with Crippen molar-refractivity contribution in [3.63, 3.8) is 0 Å². The van der Waals surface area contributed by atoms with Gasteiger partial charge in [0.05, 0.1) is 25.9 Å². The van der Waals surface area contributed by atoms with Crippen LogP contribution in [0.5, 0.6) is 0 Å². The molecule has 2 atom stereocenters. The van der Waals surface area contributed by atoms with Gasteiger partial charge >= 0.3 is 11.9 Å². The molecule has 1 aliphatic heterocycles. The standard InChI is InChI=1S/C11H17NO4/c1-15-11(14)10(13)12-6-7-16-9-5-3-2-4-8(9)12/h8-9H,2-7H2,1H3. The molecule has 1 saturated carbocycles. The van der Waals surface area contributed by atoms with Crippen LogP contribution in [0.15, 0.2) is 0 Å². The average Bonchev–Trinajstić information content (AvgIpc) is 2.36. The monoisotopic (exact) mass is 227 g/mol. The molecule has 0 aromatic rings. The largest absolute Gasteiger partial charge is 0.462 e. The number of nitrogens with zero attached hydrogens (tertiary/aromatic N) is 1. The van der Waals surface area contributed by atoms with Gasteiger partial charge < -0.3 is 14.4 Å². The molecular weight excluding hydrogens is 210 g/mol. The van der Waals surface area contributed by atoms with Crippen LogP contribution in [0, 0.1) is 0 Å². The van der Waals surface area contributed by atoms with Crippen LogP contribution in [0.4, 0.5) is 0 Å². The molecule has 2 unspecified atom stereocenters. The van der Waals surface area contributed by atoms with Crippen LogP contribution < -0.4 is 0 Å². The molecule has 1 amide bonds. The molecular formula is C11H17NO4. The highest BCUT2D eigenvalue weighted by atomic mass is 16.5. The van der Waals surface area contributed by atoms with Crippen molar-refractivity contribution in [3.8, 4) is 0 Å². The molecule has 0 spiro atoms. The lowest BCUT2D eigenvalue weighted by molar-refractivity contribution is -0.167. The first-order valence-corrected chi connectivity index (χ1v) is 5.74. The number of esters is 1. The number of hydrogen-bond donors (Lipinski definition) is 0. The number of carbonyl (C=O) groups is 2. The molecule has 0 aromatic heterocycles. The zero-order chi connectivity index (χ0) is 11.5. The van der Waals surface area contributed by atoms with Crippen molar-refractivity contribution in [1.82, 2.24) is 4.90 Å². The summed E-state index contributed by atoms with van der Waals surface area (Å²) in [4.78, 5) is 24.6. The smallest absolute Gasteiger partial charge is 0.396 e. The van der Waals surface area contributed by atoms with E-state index in [1.807, 2.05) is 0 Å². The molecule has 5 heteroatoms. The molecule has 0 bridgehead atoms. The second-order valence-electron chi connectivity index (χ2n) is 4.25. The number of morpholine rings is 1. The van der Waals surface area contributed by atoms with E-state index in [2.05, 4.69) is 4.74 Å². The van der Waals surface area contributed by atoms with Crippen LogP contribution in [0.3, 0.4) is 0 Å². The van der Waals surface area contributed by atoms with E-state index in [9.17, 15) is 9.59 Å². The van der Waals surface area contributed by atoms with Crippen LogP contribution in [0.25, 0.3) is 0 Å². The summed E-state index contributed by atoms with van der Waals surface area (Å²) in [7, 11) is 1.24. The van der Waals surface area contributed by atoms with E-state index in [1.54, 1.807) is 4.90 Å². The van der Waals surface area contributed by atoms with Gasteiger partial charge in [-0.05, 0) is 12.8 Å². The van der Waals surface area contributed by atoms with Crippen LogP contribution in [-0.4, -0.2) is 49.2 Å². The summed E-state index contributed by atoms with van der Waals surface area (Å²) >= 11 is 0. The van der Waals surface area contributed by atoms with Crippen molar-refractivity contribution in [1.29, 1.82) is 0 Å². The highest BCUT2D eigenvalue weighted by Gasteiger charge is 2.38. The molecule has 0 aromatic carbocycles. The van der Waals surface area contributed by atoms with E-state index in [4.69, 9.17) is 4.74 Å². The van der Waals surface area contributed by atoms with Crippen molar-refractivity contribution in [2.75, 3.05) is 20.3 Å². The Bertz CT molecular complexity index is 290. The molecule has 1 heterocycles. The summed E-state index contributed by atoms with van der Waals surface area (Å²) in [5.74, 6) is -1.30. The molecule has 0 N–H and O–H groups in total. The quantitative estimate of drug-likeness (QED) is 0.442. The predicted molar refractivity (Wildman–Crippen MR) is 55.7 cm³/mol. The minimum absolute atomic E-state index is 0.0640. The van der Waals surface area contributed by atoms with Gasteiger partial charge in [-0.15, -0.1) is 0 Å². The number of rotatable bonds is 0. The molecule has 2 fully saturated rings. The number of methoxy groups -OCH3 is 1. The topological polar surface area (TPSA) is 55.8 Å². The zero-order valence-electron chi connectivity index (χ0n) is 9.48. The average molecular weight is 227 g/mol. The highest BCUT2D eigenvalue weighted by Crippen LogP contribution is 2.28. The predicted octanol–water partition coefficient (Wildman–Crippen LogP) is 0.329. The molecule has 1 aliphatic carbocycles. The first-order valence-electron chi connectivity index (χ1n) is 5.74. The number of carbonyl (C=O) groups excluding carboxylic acids is 2. The summed E-state index contributed by atoms with van der Waals surface area (Å²) in [5.41, 5.74) is 0. The first-order chi connectivity index (χ1) is 7.74. The summed E-state index contributed by atoms with van der Waals surface area (Å²) in [6, 6.07) is 0.0640. The van der Waals surface area contributed by atoms with E-state index >= 15 is 0 Å². The maximum absolute atomic E-state index is 11.8. The number of amides is 1. The van der Waals surface area contributed by atoms with Crippen molar-refractivity contribution in [2.24, 2.45) is 0 Å². The zero-order valence-corrected chi connectivity index (χ0v) is 9.48. The van der Waals surface area contributed by atoms with Crippen LogP contribution in [0.1, 0.15) is 25.7 Å². The fourth-order valence-corrected chi connectivity index (χ4v) is 2.55. The second kappa shape index (κ2) is 4.82. The van der Waals surface area contributed by atoms with Gasteiger partial charge in [0.2, 0.25) is 0 Å². The Morgan fingerprint density at radius 2 is 2.06 bits per heavy atom. The SMILES string of the molecule is COC(=O)C(=O)N1CCOC2CCCCC21. The lowest BCUT2D eigenvalue weighted by Crippen LogP contribution is -2.56. The third kappa shape index (κ3) is 2.04. The Labute approximate surface area is 94.7 Å². The fourth-order valence-electron chi connectivity index (χ4n) is 2.55. The van der Waals surface area contributed by atoms with Crippen molar-refractivity contribution < 1.29 is 19.1 Å². The van der Waals surface area contributed by atoms with E-state index < -0.39 is 11.9 Å². The maximum atomic E-state index is 11.8. The first kappa shape index (κ1) is 11.4. The Morgan fingerprint density at radius 1 is 1.31 bits per heavy atom. The summed E-state index contributed by atoms with van der Waals surface area (Å²) < 4.78 is 10.1. The van der Waals surface area contributed by atoms with Gasteiger partial charge in [0, 0.05) is 6.54 Å². The Hall–Kier alpha value is -1.10. The minimum Gasteiger partial charge on any atom is -0.462 e. The highest BCUT2D eigenvalue weighted by molar-refractivity contribution is 6.32. The van der Waals surface area contributed by atoms with Gasteiger partial charge in [-0.25, -0.2) is 4.79 Å². The molecule has 90 valence electrons. The third-order valence-electron chi connectivity index (χ3n) is 3.35. The molecule has 5 nitrogen and oxygen atoms in total. The van der Waals surface area contributed by atoms with Gasteiger partial charge in [0.1, 0.15) is 0 Å². The third-order valence-corrected chi connectivity index (χ3v) is 3.35. The number of fused-ring (bicyclic) bond motifs is 1. The summed E-state index contributed by atoms with van der Waals surface area (Å²) in [5, 5.41) is 0. The fraction of sp³-hybridized carbons (Fsp3) is 0.818. The number of hydrogen-bond acceptors (Lipinski definition) is 4. The Morgan fingerprint density at radius 3 is 2.81 bits per heavy atom. The van der Waals surface area contributed by atoms with Crippen molar-refractivity contribution in [2.45, 2.75) is 37.8 Å². The van der Waals surface area contributed by atoms with Gasteiger partial charge in [-0.3, -0.25) is 4.79 Å². The number of ether oxygens (including phenoxy) is 2. The molecule has 2 aliphatic rings. The molecule has 0 radical (unpaired) electrons. The van der Waals surface area contributed by atoms with Crippen LogP contribution >= 0.6 is 0 Å². The minimum atomic E-state index is -0.772. The molecule has 16 heavy (non-hydrogen) atoms. The Balaban J connectivity index is 2.07. The molecule has 1 saturated heterocycles. The van der Waals surface area contributed by atoms with Gasteiger partial charge in [-0.1, -0.05) is 12.8 Å². The van der Waals surface area contributed by atoms with Crippen molar-refractivity contribution in [3.05, 3.63) is 0 Å². The summed E-state index contributed by atoms with van der Waals surface area (Å²) in [6.07, 6.45) is 4.25. The van der Waals surface area contributed by atoms with Crippen LogP contribution in [-0.2, 0) is 19.1 Å².